The third kappa shape index (κ3) is 2.35. The second-order valence-corrected chi connectivity index (χ2v) is 6.33. The van der Waals surface area contributed by atoms with Gasteiger partial charge in [0.2, 0.25) is 0 Å². The smallest absolute Gasteiger partial charge is 0.138 e. The molecule has 1 unspecified atom stereocenters. The summed E-state index contributed by atoms with van der Waals surface area (Å²) in [7, 11) is 0. The van der Waals surface area contributed by atoms with Gasteiger partial charge >= 0.3 is 0 Å². The summed E-state index contributed by atoms with van der Waals surface area (Å²) in [5, 5.41) is 6.59. The topological polar surface area (TPSA) is 55.6 Å². The van der Waals surface area contributed by atoms with Gasteiger partial charge in [-0.05, 0) is 37.4 Å². The summed E-state index contributed by atoms with van der Waals surface area (Å²) < 4.78 is 2.25. The molecule has 116 valence electrons. The zero-order valence-electron chi connectivity index (χ0n) is 13.0. The van der Waals surface area contributed by atoms with Crippen molar-refractivity contribution in [1.82, 2.24) is 19.5 Å². The van der Waals surface area contributed by atoms with E-state index in [0.717, 1.165) is 33.9 Å². The molecule has 1 atom stereocenters. The molecule has 0 bridgehead atoms. The number of nitrogens with one attached hydrogen (secondary N) is 1. The van der Waals surface area contributed by atoms with Gasteiger partial charge in [0.15, 0.2) is 0 Å². The van der Waals surface area contributed by atoms with Crippen molar-refractivity contribution >= 4 is 38.4 Å². The number of nitrogens with zero attached hydrogens (tertiary/aromatic N) is 4. The van der Waals surface area contributed by atoms with Crippen molar-refractivity contribution in [2.45, 2.75) is 26.4 Å². The molecule has 0 aliphatic heterocycles. The molecule has 0 aliphatic carbocycles. The molecule has 3 heterocycles. The van der Waals surface area contributed by atoms with Gasteiger partial charge in [0.25, 0.3) is 0 Å². The molecule has 0 radical (unpaired) electrons. The van der Waals surface area contributed by atoms with Crippen LogP contribution in [0.15, 0.2) is 42.0 Å². The Morgan fingerprint density at radius 3 is 2.96 bits per heavy atom. The van der Waals surface area contributed by atoms with Crippen LogP contribution in [-0.2, 0) is 6.54 Å². The Labute approximate surface area is 138 Å². The first-order valence-corrected chi connectivity index (χ1v) is 8.55. The van der Waals surface area contributed by atoms with E-state index in [1.807, 2.05) is 11.4 Å². The van der Waals surface area contributed by atoms with Gasteiger partial charge in [-0.3, -0.25) is 0 Å². The summed E-state index contributed by atoms with van der Waals surface area (Å²) in [5.74, 6) is 1.88. The Bertz CT molecular complexity index is 971. The normalized spacial score (nSPS) is 12.8. The Balaban J connectivity index is 1.74. The second kappa shape index (κ2) is 5.62. The zero-order valence-corrected chi connectivity index (χ0v) is 13.8. The Morgan fingerprint density at radius 1 is 1.22 bits per heavy atom. The van der Waals surface area contributed by atoms with Gasteiger partial charge in [0, 0.05) is 6.54 Å². The second-order valence-electron chi connectivity index (χ2n) is 5.43. The molecule has 0 aliphatic rings. The number of hydrogen-bond acceptors (Lipinski definition) is 5. The first-order valence-electron chi connectivity index (χ1n) is 7.68. The molecule has 3 aromatic heterocycles. The van der Waals surface area contributed by atoms with Gasteiger partial charge in [0.1, 0.15) is 22.8 Å². The summed E-state index contributed by atoms with van der Waals surface area (Å²) >= 11 is 1.62. The molecule has 23 heavy (non-hydrogen) atoms. The van der Waals surface area contributed by atoms with Crippen LogP contribution in [0.2, 0.25) is 0 Å². The van der Waals surface area contributed by atoms with E-state index in [9.17, 15) is 0 Å². The Kier molecular flexibility index (Phi) is 3.46. The van der Waals surface area contributed by atoms with Crippen LogP contribution in [0, 0.1) is 0 Å². The third-order valence-electron chi connectivity index (χ3n) is 4.00. The highest BCUT2D eigenvalue weighted by Gasteiger charge is 2.17. The third-order valence-corrected chi connectivity index (χ3v) is 4.82. The number of para-hydroxylation sites is 2. The summed E-state index contributed by atoms with van der Waals surface area (Å²) in [6, 6.07) is 10.4. The van der Waals surface area contributed by atoms with E-state index >= 15 is 0 Å². The van der Waals surface area contributed by atoms with E-state index in [1.165, 1.54) is 5.52 Å². The van der Waals surface area contributed by atoms with Crippen molar-refractivity contribution in [1.29, 1.82) is 0 Å². The Morgan fingerprint density at radius 2 is 2.09 bits per heavy atom. The number of aryl methyl sites for hydroxylation is 1. The van der Waals surface area contributed by atoms with Gasteiger partial charge < -0.3 is 9.88 Å². The predicted octanol–water partition coefficient (Wildman–Crippen LogP) is 4.23. The highest BCUT2D eigenvalue weighted by molar-refractivity contribution is 7.16. The molecule has 0 saturated heterocycles. The lowest BCUT2D eigenvalue weighted by atomic mass is 10.3. The highest BCUT2D eigenvalue weighted by atomic mass is 32.1. The summed E-state index contributed by atoms with van der Waals surface area (Å²) in [6.07, 6.45) is 1.61. The average molecular weight is 323 g/mol. The number of rotatable bonds is 4. The lowest BCUT2D eigenvalue weighted by Crippen LogP contribution is -2.14. The van der Waals surface area contributed by atoms with E-state index in [-0.39, 0.29) is 6.04 Å². The van der Waals surface area contributed by atoms with Crippen LogP contribution < -0.4 is 5.32 Å². The van der Waals surface area contributed by atoms with E-state index in [1.54, 1.807) is 17.7 Å². The molecule has 0 saturated carbocycles. The SMILES string of the molecule is CCn1c(C(C)Nc2ncnc3sccc23)nc2ccccc21. The van der Waals surface area contributed by atoms with Gasteiger partial charge in [-0.25, -0.2) is 15.0 Å². The van der Waals surface area contributed by atoms with Crippen LogP contribution in [0.5, 0.6) is 0 Å². The number of aromatic nitrogens is 4. The fraction of sp³-hybridized carbons (Fsp3) is 0.235. The van der Waals surface area contributed by atoms with E-state index < -0.39 is 0 Å². The monoisotopic (exact) mass is 323 g/mol. The number of thiophene rings is 1. The van der Waals surface area contributed by atoms with E-state index in [0.29, 0.717) is 0 Å². The fourth-order valence-electron chi connectivity index (χ4n) is 2.93. The maximum absolute atomic E-state index is 4.81. The van der Waals surface area contributed by atoms with Crippen molar-refractivity contribution in [3.63, 3.8) is 0 Å². The van der Waals surface area contributed by atoms with Crippen LogP contribution in [0.4, 0.5) is 5.82 Å². The van der Waals surface area contributed by atoms with Crippen LogP contribution in [0.3, 0.4) is 0 Å². The minimum Gasteiger partial charge on any atom is -0.360 e. The summed E-state index contributed by atoms with van der Waals surface area (Å²) in [4.78, 5) is 14.5. The molecule has 0 amide bonds. The lowest BCUT2D eigenvalue weighted by molar-refractivity contribution is 0.673. The zero-order chi connectivity index (χ0) is 15.8. The highest BCUT2D eigenvalue weighted by Crippen LogP contribution is 2.28. The van der Waals surface area contributed by atoms with Gasteiger partial charge in [-0.2, -0.15) is 0 Å². The van der Waals surface area contributed by atoms with Crippen LogP contribution in [0.25, 0.3) is 21.3 Å². The molecule has 5 nitrogen and oxygen atoms in total. The first kappa shape index (κ1) is 14.1. The van der Waals surface area contributed by atoms with Crippen molar-refractivity contribution in [3.05, 3.63) is 47.9 Å². The molecule has 6 heteroatoms. The number of imidazole rings is 1. The molecule has 0 spiro atoms. The van der Waals surface area contributed by atoms with Crippen molar-refractivity contribution in [2.75, 3.05) is 5.32 Å². The molecule has 1 N–H and O–H groups in total. The van der Waals surface area contributed by atoms with Gasteiger partial charge in [0.05, 0.1) is 22.5 Å². The molecular formula is C17H17N5S. The maximum atomic E-state index is 4.81. The Hall–Kier alpha value is -2.47. The quantitative estimate of drug-likeness (QED) is 0.610. The molecule has 4 aromatic rings. The number of benzene rings is 1. The minimum atomic E-state index is 0.0559. The number of anilines is 1. The largest absolute Gasteiger partial charge is 0.360 e. The van der Waals surface area contributed by atoms with E-state index in [2.05, 4.69) is 58.0 Å². The van der Waals surface area contributed by atoms with Crippen molar-refractivity contribution in [3.8, 4) is 0 Å². The van der Waals surface area contributed by atoms with E-state index in [4.69, 9.17) is 4.98 Å². The van der Waals surface area contributed by atoms with Crippen molar-refractivity contribution < 1.29 is 0 Å². The average Bonchev–Trinajstić information content (AvgIpc) is 3.19. The predicted molar refractivity (Wildman–Crippen MR) is 94.9 cm³/mol. The van der Waals surface area contributed by atoms with Crippen LogP contribution in [0.1, 0.15) is 25.7 Å². The molecular weight excluding hydrogens is 306 g/mol. The van der Waals surface area contributed by atoms with Crippen molar-refractivity contribution in [2.24, 2.45) is 0 Å². The lowest BCUT2D eigenvalue weighted by Gasteiger charge is -2.16. The fourth-order valence-corrected chi connectivity index (χ4v) is 3.66. The van der Waals surface area contributed by atoms with Crippen LogP contribution in [-0.4, -0.2) is 19.5 Å². The molecule has 4 rings (SSSR count). The standard InChI is InChI=1S/C17H17N5S/c1-3-22-14-7-5-4-6-13(14)21-16(22)11(2)20-15-12-8-9-23-17(12)19-10-18-15/h4-11H,3H2,1-2H3,(H,18,19,20). The number of hydrogen-bond donors (Lipinski definition) is 1. The molecule has 0 fully saturated rings. The summed E-state index contributed by atoms with van der Waals surface area (Å²) in [6.45, 7) is 5.15. The molecule has 1 aromatic carbocycles. The van der Waals surface area contributed by atoms with Gasteiger partial charge in [-0.15, -0.1) is 11.3 Å². The minimum absolute atomic E-state index is 0.0559. The number of fused-ring (bicyclic) bond motifs is 2. The first-order chi connectivity index (χ1) is 11.3. The van der Waals surface area contributed by atoms with Gasteiger partial charge in [-0.1, -0.05) is 12.1 Å². The van der Waals surface area contributed by atoms with Crippen LogP contribution >= 0.6 is 11.3 Å². The maximum Gasteiger partial charge on any atom is 0.138 e. The summed E-state index contributed by atoms with van der Waals surface area (Å²) in [5.41, 5.74) is 2.20.